The molecule has 0 aromatic carbocycles. The Morgan fingerprint density at radius 1 is 1.78 bits per heavy atom. The summed E-state index contributed by atoms with van der Waals surface area (Å²) in [6, 6.07) is 0. The highest BCUT2D eigenvalue weighted by Gasteiger charge is 1.99. The largest absolute Gasteiger partial charge is 0.330 e. The van der Waals surface area contributed by atoms with Crippen molar-refractivity contribution in [1.29, 1.82) is 0 Å². The molecule has 2 nitrogen and oxygen atoms in total. The number of thiazole rings is 1. The molecule has 0 unspecified atom stereocenters. The zero-order valence-electron chi connectivity index (χ0n) is 4.80. The molecule has 50 valence electrons. The van der Waals surface area contributed by atoms with Crippen LogP contribution in [0.3, 0.4) is 0 Å². The SMILES string of the molecule is NCCc1ncsc1Br. The van der Waals surface area contributed by atoms with Gasteiger partial charge in [0.1, 0.15) is 0 Å². The summed E-state index contributed by atoms with van der Waals surface area (Å²) in [5, 5.41) is 0. The van der Waals surface area contributed by atoms with E-state index in [0.29, 0.717) is 6.54 Å². The molecule has 9 heavy (non-hydrogen) atoms. The van der Waals surface area contributed by atoms with E-state index in [1.54, 1.807) is 11.3 Å². The van der Waals surface area contributed by atoms with Crippen LogP contribution in [0.25, 0.3) is 0 Å². The van der Waals surface area contributed by atoms with Gasteiger partial charge in [0.2, 0.25) is 0 Å². The van der Waals surface area contributed by atoms with Crippen LogP contribution in [0, 0.1) is 0 Å². The predicted molar refractivity (Wildman–Crippen MR) is 42.6 cm³/mol. The summed E-state index contributed by atoms with van der Waals surface area (Å²) in [5.41, 5.74) is 8.22. The topological polar surface area (TPSA) is 38.9 Å². The van der Waals surface area contributed by atoms with Gasteiger partial charge in [0.15, 0.2) is 0 Å². The first kappa shape index (κ1) is 7.18. The molecule has 0 atom stereocenters. The maximum Gasteiger partial charge on any atom is 0.0929 e. The van der Waals surface area contributed by atoms with E-state index < -0.39 is 0 Å². The highest BCUT2D eigenvalue weighted by molar-refractivity contribution is 9.11. The van der Waals surface area contributed by atoms with Gasteiger partial charge in [-0.15, -0.1) is 11.3 Å². The van der Waals surface area contributed by atoms with Crippen LogP contribution in [0.2, 0.25) is 0 Å². The summed E-state index contributed by atoms with van der Waals surface area (Å²) in [4.78, 5) is 4.10. The standard InChI is InChI=1S/C5H7BrN2S/c6-5-4(1-2-7)8-3-9-5/h3H,1-2,7H2. The van der Waals surface area contributed by atoms with Crippen LogP contribution >= 0.6 is 27.3 Å². The van der Waals surface area contributed by atoms with Crippen molar-refractivity contribution < 1.29 is 0 Å². The third-order valence-electron chi connectivity index (χ3n) is 0.973. The van der Waals surface area contributed by atoms with Crippen LogP contribution < -0.4 is 5.73 Å². The third-order valence-corrected chi connectivity index (χ3v) is 2.64. The van der Waals surface area contributed by atoms with E-state index in [1.807, 2.05) is 5.51 Å². The highest BCUT2D eigenvalue weighted by atomic mass is 79.9. The van der Waals surface area contributed by atoms with Crippen molar-refractivity contribution in [2.75, 3.05) is 6.54 Å². The summed E-state index contributed by atoms with van der Waals surface area (Å²) < 4.78 is 1.10. The van der Waals surface area contributed by atoms with Crippen molar-refractivity contribution in [1.82, 2.24) is 4.98 Å². The fraction of sp³-hybridized carbons (Fsp3) is 0.400. The van der Waals surface area contributed by atoms with Gasteiger partial charge in [-0.05, 0) is 22.5 Å². The van der Waals surface area contributed by atoms with Gasteiger partial charge in [-0.2, -0.15) is 0 Å². The first-order valence-corrected chi connectivity index (χ1v) is 4.30. The van der Waals surface area contributed by atoms with Crippen LogP contribution in [0.5, 0.6) is 0 Å². The second-order valence-electron chi connectivity index (χ2n) is 1.61. The Kier molecular flexibility index (Phi) is 2.63. The van der Waals surface area contributed by atoms with Gasteiger partial charge in [-0.25, -0.2) is 4.98 Å². The quantitative estimate of drug-likeness (QED) is 0.796. The number of rotatable bonds is 2. The summed E-state index contributed by atoms with van der Waals surface area (Å²) in [6.07, 6.45) is 0.865. The van der Waals surface area contributed by atoms with E-state index in [0.717, 1.165) is 15.9 Å². The van der Waals surface area contributed by atoms with Gasteiger partial charge in [0, 0.05) is 6.42 Å². The fourth-order valence-corrected chi connectivity index (χ4v) is 1.67. The van der Waals surface area contributed by atoms with Gasteiger partial charge >= 0.3 is 0 Å². The lowest BCUT2D eigenvalue weighted by Gasteiger charge is -1.89. The van der Waals surface area contributed by atoms with Crippen LogP contribution in [0.1, 0.15) is 5.69 Å². The highest BCUT2D eigenvalue weighted by Crippen LogP contribution is 2.20. The summed E-state index contributed by atoms with van der Waals surface area (Å²) in [5.74, 6) is 0. The van der Waals surface area contributed by atoms with Crippen molar-refractivity contribution in [3.05, 3.63) is 15.0 Å². The van der Waals surface area contributed by atoms with E-state index >= 15 is 0 Å². The Labute approximate surface area is 66.2 Å². The summed E-state index contributed by atoms with van der Waals surface area (Å²) >= 11 is 4.96. The average Bonchev–Trinajstić information content (AvgIpc) is 2.18. The van der Waals surface area contributed by atoms with Crippen LogP contribution in [0.15, 0.2) is 9.30 Å². The van der Waals surface area contributed by atoms with Crippen molar-refractivity contribution >= 4 is 27.3 Å². The molecule has 0 aliphatic rings. The maximum atomic E-state index is 5.33. The van der Waals surface area contributed by atoms with Gasteiger partial charge in [0.05, 0.1) is 15.0 Å². The molecule has 1 rings (SSSR count). The van der Waals surface area contributed by atoms with E-state index in [1.165, 1.54) is 0 Å². The van der Waals surface area contributed by atoms with E-state index in [4.69, 9.17) is 5.73 Å². The second kappa shape index (κ2) is 3.29. The maximum absolute atomic E-state index is 5.33. The molecule has 4 heteroatoms. The Bertz CT molecular complexity index is 187. The molecule has 1 aromatic heterocycles. The number of halogens is 1. The molecule has 0 saturated carbocycles. The molecule has 0 aliphatic carbocycles. The van der Waals surface area contributed by atoms with E-state index in [-0.39, 0.29) is 0 Å². The van der Waals surface area contributed by atoms with Gasteiger partial charge < -0.3 is 5.73 Å². The Balaban J connectivity index is 2.69. The molecular weight excluding hydrogens is 200 g/mol. The Morgan fingerprint density at radius 2 is 2.56 bits per heavy atom. The minimum Gasteiger partial charge on any atom is -0.330 e. The van der Waals surface area contributed by atoms with Gasteiger partial charge in [-0.3, -0.25) is 0 Å². The summed E-state index contributed by atoms with van der Waals surface area (Å²) in [6.45, 7) is 0.669. The normalized spacial score (nSPS) is 10.0. The molecule has 0 bridgehead atoms. The average molecular weight is 207 g/mol. The van der Waals surface area contributed by atoms with Crippen molar-refractivity contribution in [3.63, 3.8) is 0 Å². The lowest BCUT2D eigenvalue weighted by molar-refractivity contribution is 0.930. The monoisotopic (exact) mass is 206 g/mol. The first-order chi connectivity index (χ1) is 4.34. The summed E-state index contributed by atoms with van der Waals surface area (Å²) in [7, 11) is 0. The molecule has 0 fully saturated rings. The number of hydrogen-bond acceptors (Lipinski definition) is 3. The van der Waals surface area contributed by atoms with Crippen LogP contribution in [-0.2, 0) is 6.42 Å². The van der Waals surface area contributed by atoms with Crippen LogP contribution in [-0.4, -0.2) is 11.5 Å². The number of nitrogens with zero attached hydrogens (tertiary/aromatic N) is 1. The molecule has 0 saturated heterocycles. The van der Waals surface area contributed by atoms with Crippen molar-refractivity contribution in [2.24, 2.45) is 5.73 Å². The molecule has 2 N–H and O–H groups in total. The predicted octanol–water partition coefficient (Wildman–Crippen LogP) is 1.41. The number of hydrogen-bond donors (Lipinski definition) is 1. The lowest BCUT2D eigenvalue weighted by atomic mass is 10.3. The second-order valence-corrected chi connectivity index (χ2v) is 3.78. The number of aromatic nitrogens is 1. The molecule has 0 radical (unpaired) electrons. The zero-order chi connectivity index (χ0) is 6.69. The van der Waals surface area contributed by atoms with E-state index in [9.17, 15) is 0 Å². The minimum absolute atomic E-state index is 0.669. The van der Waals surface area contributed by atoms with Crippen molar-refractivity contribution in [3.8, 4) is 0 Å². The Hall–Kier alpha value is 0.0700. The molecule has 0 amide bonds. The fourth-order valence-electron chi connectivity index (χ4n) is 0.555. The van der Waals surface area contributed by atoms with Crippen molar-refractivity contribution in [2.45, 2.75) is 6.42 Å². The number of nitrogens with two attached hydrogens (primary N) is 1. The molecule has 0 spiro atoms. The van der Waals surface area contributed by atoms with E-state index in [2.05, 4.69) is 20.9 Å². The first-order valence-electron chi connectivity index (χ1n) is 2.62. The smallest absolute Gasteiger partial charge is 0.0929 e. The third kappa shape index (κ3) is 1.74. The molecule has 0 aliphatic heterocycles. The minimum atomic E-state index is 0.669. The van der Waals surface area contributed by atoms with Gasteiger partial charge in [0.25, 0.3) is 0 Å². The molecule has 1 aromatic rings. The van der Waals surface area contributed by atoms with Gasteiger partial charge in [-0.1, -0.05) is 0 Å². The molecule has 1 heterocycles. The lowest BCUT2D eigenvalue weighted by Crippen LogP contribution is -2.02. The molecular formula is C5H7BrN2S. The Morgan fingerprint density at radius 3 is 3.00 bits per heavy atom. The van der Waals surface area contributed by atoms with Crippen LogP contribution in [0.4, 0.5) is 0 Å². The zero-order valence-corrected chi connectivity index (χ0v) is 7.20.